The van der Waals surface area contributed by atoms with E-state index in [0.717, 1.165) is 30.9 Å². The number of aromatic nitrogens is 2. The van der Waals surface area contributed by atoms with Crippen molar-refractivity contribution in [3.63, 3.8) is 0 Å². The minimum atomic E-state index is -0.872. The summed E-state index contributed by atoms with van der Waals surface area (Å²) in [7, 11) is 2.74. The minimum absolute atomic E-state index is 0.0234. The molecule has 178 valence electrons. The molecule has 1 aliphatic rings. The van der Waals surface area contributed by atoms with Crippen LogP contribution in [0.1, 0.15) is 10.4 Å². The van der Waals surface area contributed by atoms with Gasteiger partial charge in [0.15, 0.2) is 11.6 Å². The largest absolute Gasteiger partial charge is 0.492 e. The van der Waals surface area contributed by atoms with Crippen LogP contribution in [0.25, 0.3) is 0 Å². The summed E-state index contributed by atoms with van der Waals surface area (Å²) in [5, 5.41) is 8.48. The Balaban J connectivity index is 1.60. The molecule has 3 aromatic rings. The molecule has 9 nitrogen and oxygen atoms in total. The second-order valence-electron chi connectivity index (χ2n) is 7.41. The number of ether oxygens (including phenoxy) is 2. The monoisotopic (exact) mass is 470 g/mol. The van der Waals surface area contributed by atoms with Crippen molar-refractivity contribution in [2.75, 3.05) is 56.0 Å². The summed E-state index contributed by atoms with van der Waals surface area (Å²) in [5.41, 5.74) is 1.45. The zero-order chi connectivity index (χ0) is 24.1. The zero-order valence-electron chi connectivity index (χ0n) is 18.7. The van der Waals surface area contributed by atoms with E-state index >= 15 is 0 Å². The first-order valence-corrected chi connectivity index (χ1v) is 10.6. The van der Waals surface area contributed by atoms with Gasteiger partial charge >= 0.3 is 0 Å². The van der Waals surface area contributed by atoms with Gasteiger partial charge in [0.25, 0.3) is 5.91 Å². The Morgan fingerprint density at radius 2 is 1.79 bits per heavy atom. The van der Waals surface area contributed by atoms with Crippen LogP contribution in [0.5, 0.6) is 5.75 Å². The molecule has 1 fully saturated rings. The molecule has 1 aromatic carbocycles. The number of carbonyl (C=O) groups is 1. The first-order chi connectivity index (χ1) is 16.5. The van der Waals surface area contributed by atoms with Crippen molar-refractivity contribution in [1.29, 1.82) is 0 Å². The van der Waals surface area contributed by atoms with Crippen LogP contribution in [0.2, 0.25) is 0 Å². The standard InChI is InChI=1S/C23H24F2N6O3/c1-26-23(32)16-13-28-21(11-18(16)29-19-10-14(24)9-17(25)22(19)33-2)30-20-4-3-15(12-27-20)31-5-7-34-8-6-31/h3-4,9-13H,5-8H2,1-2H3,(H,26,32)(H2,27,28,29,30). The maximum absolute atomic E-state index is 14.1. The second-order valence-corrected chi connectivity index (χ2v) is 7.41. The summed E-state index contributed by atoms with van der Waals surface area (Å²) in [6, 6.07) is 7.10. The fraction of sp³-hybridized carbons (Fsp3) is 0.261. The third kappa shape index (κ3) is 5.15. The van der Waals surface area contributed by atoms with Gasteiger partial charge in [-0.25, -0.2) is 18.7 Å². The van der Waals surface area contributed by atoms with Crippen LogP contribution in [-0.4, -0.2) is 56.3 Å². The molecule has 0 radical (unpaired) electrons. The van der Waals surface area contributed by atoms with Crippen molar-refractivity contribution in [2.45, 2.75) is 0 Å². The first-order valence-electron chi connectivity index (χ1n) is 10.6. The maximum Gasteiger partial charge on any atom is 0.254 e. The van der Waals surface area contributed by atoms with Gasteiger partial charge in [0.1, 0.15) is 17.5 Å². The van der Waals surface area contributed by atoms with Gasteiger partial charge in [-0.1, -0.05) is 0 Å². The lowest BCUT2D eigenvalue weighted by Gasteiger charge is -2.28. The number of hydrogen-bond donors (Lipinski definition) is 3. The molecule has 0 bridgehead atoms. The number of methoxy groups -OCH3 is 1. The van der Waals surface area contributed by atoms with Crippen molar-refractivity contribution in [2.24, 2.45) is 0 Å². The topological polar surface area (TPSA) is 101 Å². The van der Waals surface area contributed by atoms with E-state index in [4.69, 9.17) is 9.47 Å². The number of anilines is 5. The first kappa shape index (κ1) is 23.2. The number of rotatable bonds is 7. The van der Waals surface area contributed by atoms with Gasteiger partial charge in [-0.15, -0.1) is 0 Å². The van der Waals surface area contributed by atoms with Gasteiger partial charge in [-0.2, -0.15) is 0 Å². The molecule has 2 aromatic heterocycles. The van der Waals surface area contributed by atoms with E-state index < -0.39 is 17.5 Å². The van der Waals surface area contributed by atoms with Crippen molar-refractivity contribution in [1.82, 2.24) is 15.3 Å². The van der Waals surface area contributed by atoms with Crippen molar-refractivity contribution in [3.05, 3.63) is 59.9 Å². The minimum Gasteiger partial charge on any atom is -0.492 e. The van der Waals surface area contributed by atoms with E-state index in [0.29, 0.717) is 24.8 Å². The summed E-state index contributed by atoms with van der Waals surface area (Å²) in [4.78, 5) is 23.2. The number of benzene rings is 1. The molecule has 11 heteroatoms. The van der Waals surface area contributed by atoms with E-state index in [1.54, 1.807) is 12.3 Å². The molecular weight excluding hydrogens is 446 g/mol. The highest BCUT2D eigenvalue weighted by Crippen LogP contribution is 2.33. The van der Waals surface area contributed by atoms with Crippen LogP contribution >= 0.6 is 0 Å². The van der Waals surface area contributed by atoms with Gasteiger partial charge < -0.3 is 30.3 Å². The maximum atomic E-state index is 14.1. The number of nitrogens with one attached hydrogen (secondary N) is 3. The Morgan fingerprint density at radius 1 is 1.03 bits per heavy atom. The predicted molar refractivity (Wildman–Crippen MR) is 124 cm³/mol. The molecule has 0 aliphatic carbocycles. The molecule has 34 heavy (non-hydrogen) atoms. The van der Waals surface area contributed by atoms with Crippen molar-refractivity contribution >= 4 is 34.6 Å². The Kier molecular flexibility index (Phi) is 7.02. The van der Waals surface area contributed by atoms with Crippen molar-refractivity contribution in [3.8, 4) is 5.75 Å². The summed E-state index contributed by atoms with van der Waals surface area (Å²) in [6.45, 7) is 2.96. The Morgan fingerprint density at radius 3 is 2.47 bits per heavy atom. The summed E-state index contributed by atoms with van der Waals surface area (Å²) in [5.74, 6) is -1.36. The smallest absolute Gasteiger partial charge is 0.254 e. The zero-order valence-corrected chi connectivity index (χ0v) is 18.7. The molecule has 1 saturated heterocycles. The van der Waals surface area contributed by atoms with Crippen molar-refractivity contribution < 1.29 is 23.0 Å². The molecule has 0 saturated carbocycles. The highest BCUT2D eigenvalue weighted by atomic mass is 19.1. The lowest BCUT2D eigenvalue weighted by molar-refractivity contribution is 0.0963. The molecule has 4 rings (SSSR count). The molecule has 3 N–H and O–H groups in total. The van der Waals surface area contributed by atoms with Gasteiger partial charge in [-0.05, 0) is 12.1 Å². The summed E-state index contributed by atoms with van der Waals surface area (Å²) in [6.07, 6.45) is 3.11. The number of hydrogen-bond acceptors (Lipinski definition) is 8. The van der Waals surface area contributed by atoms with E-state index in [2.05, 4.69) is 30.8 Å². The van der Waals surface area contributed by atoms with Crippen LogP contribution in [0.4, 0.5) is 37.5 Å². The summed E-state index contributed by atoms with van der Waals surface area (Å²) >= 11 is 0. The van der Waals surface area contributed by atoms with E-state index in [9.17, 15) is 13.6 Å². The number of carbonyl (C=O) groups excluding carboxylic acids is 1. The van der Waals surface area contributed by atoms with Crippen LogP contribution in [0.15, 0.2) is 42.7 Å². The molecular formula is C23H24F2N6O3. The normalized spacial score (nSPS) is 13.4. The van der Waals surface area contributed by atoms with Crippen LogP contribution in [0, 0.1) is 11.6 Å². The average molecular weight is 470 g/mol. The van der Waals surface area contributed by atoms with Gasteiger partial charge in [0.2, 0.25) is 0 Å². The Bertz CT molecular complexity index is 1170. The molecule has 0 atom stereocenters. The molecule has 0 unspecified atom stereocenters. The SMILES string of the molecule is CNC(=O)c1cnc(Nc2ccc(N3CCOCC3)cn2)cc1Nc1cc(F)cc(F)c1OC. The molecule has 0 spiro atoms. The van der Waals surface area contributed by atoms with Crippen LogP contribution in [0.3, 0.4) is 0 Å². The third-order valence-corrected chi connectivity index (χ3v) is 5.24. The molecule has 1 amide bonds. The lowest BCUT2D eigenvalue weighted by atomic mass is 10.2. The number of halogens is 2. The second kappa shape index (κ2) is 10.3. The number of nitrogens with zero attached hydrogens (tertiary/aromatic N) is 3. The van der Waals surface area contributed by atoms with Gasteiger partial charge in [0, 0.05) is 44.5 Å². The number of pyridine rings is 2. The predicted octanol–water partition coefficient (Wildman–Crippen LogP) is 3.45. The lowest BCUT2D eigenvalue weighted by Crippen LogP contribution is -2.36. The highest BCUT2D eigenvalue weighted by molar-refractivity contribution is 6.00. The van der Waals surface area contributed by atoms with Gasteiger partial charge in [-0.3, -0.25) is 4.79 Å². The fourth-order valence-corrected chi connectivity index (χ4v) is 3.55. The fourth-order valence-electron chi connectivity index (χ4n) is 3.55. The van der Waals surface area contributed by atoms with Crippen LogP contribution in [-0.2, 0) is 4.74 Å². The Hall–Kier alpha value is -3.99. The number of morpholine rings is 1. The quantitative estimate of drug-likeness (QED) is 0.483. The average Bonchev–Trinajstić information content (AvgIpc) is 2.84. The third-order valence-electron chi connectivity index (χ3n) is 5.24. The van der Waals surface area contributed by atoms with Gasteiger partial charge in [0.05, 0.1) is 49.1 Å². The van der Waals surface area contributed by atoms with E-state index in [-0.39, 0.29) is 22.7 Å². The van der Waals surface area contributed by atoms with E-state index in [1.165, 1.54) is 20.4 Å². The van der Waals surface area contributed by atoms with E-state index in [1.807, 2.05) is 12.1 Å². The highest BCUT2D eigenvalue weighted by Gasteiger charge is 2.18. The van der Waals surface area contributed by atoms with Crippen LogP contribution < -0.4 is 25.6 Å². The molecule has 3 heterocycles. The Labute approximate surface area is 195 Å². The summed E-state index contributed by atoms with van der Waals surface area (Å²) < 4.78 is 38.4. The molecule has 1 aliphatic heterocycles. The number of amides is 1.